The van der Waals surface area contributed by atoms with Crippen LogP contribution in [0.3, 0.4) is 0 Å². The fourth-order valence-electron chi connectivity index (χ4n) is 2.74. The Hall–Kier alpha value is -0.570. The van der Waals surface area contributed by atoms with Crippen LogP contribution in [0.15, 0.2) is 0 Å². The first-order valence-corrected chi connectivity index (χ1v) is 7.47. The molecule has 3 heteroatoms. The van der Waals surface area contributed by atoms with Crippen LogP contribution >= 0.6 is 0 Å². The van der Waals surface area contributed by atoms with Crippen molar-refractivity contribution in [2.75, 3.05) is 13.6 Å². The summed E-state index contributed by atoms with van der Waals surface area (Å²) in [5.74, 6) is 0.886. The predicted molar refractivity (Wildman–Crippen MR) is 76.5 cm³/mol. The molecule has 106 valence electrons. The standard InChI is InChI=1S/C15H30N2O/c1-6-16-13-7-9-14(10-8-13)17(5)15(18)12(4)11(2)3/h11-14,16H,6-10H2,1-5H3. The minimum absolute atomic E-state index is 0.140. The van der Waals surface area contributed by atoms with Gasteiger partial charge in [0, 0.05) is 25.0 Å². The molecular weight excluding hydrogens is 224 g/mol. The molecule has 1 aliphatic carbocycles. The van der Waals surface area contributed by atoms with Crippen molar-refractivity contribution in [1.29, 1.82) is 0 Å². The summed E-state index contributed by atoms with van der Waals surface area (Å²) in [5, 5.41) is 3.51. The summed E-state index contributed by atoms with van der Waals surface area (Å²) in [6, 6.07) is 1.12. The molecule has 3 nitrogen and oxygen atoms in total. The molecule has 0 heterocycles. The average Bonchev–Trinajstić information content (AvgIpc) is 2.37. The second kappa shape index (κ2) is 7.13. The van der Waals surface area contributed by atoms with E-state index in [1.807, 2.05) is 18.9 Å². The van der Waals surface area contributed by atoms with E-state index in [1.54, 1.807) is 0 Å². The monoisotopic (exact) mass is 254 g/mol. The Morgan fingerprint density at radius 2 is 1.78 bits per heavy atom. The third-order valence-corrected chi connectivity index (χ3v) is 4.47. The van der Waals surface area contributed by atoms with Gasteiger partial charge in [0.2, 0.25) is 5.91 Å². The van der Waals surface area contributed by atoms with Gasteiger partial charge in [0.05, 0.1) is 0 Å². The number of nitrogens with one attached hydrogen (secondary N) is 1. The Bertz CT molecular complexity index is 257. The number of nitrogens with zero attached hydrogens (tertiary/aromatic N) is 1. The molecule has 1 saturated carbocycles. The lowest BCUT2D eigenvalue weighted by molar-refractivity contribution is -0.137. The average molecular weight is 254 g/mol. The molecule has 1 N–H and O–H groups in total. The van der Waals surface area contributed by atoms with Gasteiger partial charge in [-0.3, -0.25) is 4.79 Å². The summed E-state index contributed by atoms with van der Waals surface area (Å²) in [4.78, 5) is 14.3. The van der Waals surface area contributed by atoms with Gasteiger partial charge in [-0.25, -0.2) is 0 Å². The lowest BCUT2D eigenvalue weighted by Gasteiger charge is -2.36. The molecule has 1 amide bonds. The van der Waals surface area contributed by atoms with Crippen LogP contribution in [0.1, 0.15) is 53.4 Å². The topological polar surface area (TPSA) is 32.3 Å². The number of amides is 1. The van der Waals surface area contributed by atoms with E-state index in [4.69, 9.17) is 0 Å². The van der Waals surface area contributed by atoms with Gasteiger partial charge in [-0.05, 0) is 38.1 Å². The van der Waals surface area contributed by atoms with Crippen molar-refractivity contribution in [3.8, 4) is 0 Å². The van der Waals surface area contributed by atoms with Gasteiger partial charge in [-0.15, -0.1) is 0 Å². The lowest BCUT2D eigenvalue weighted by Crippen LogP contribution is -2.45. The Balaban J connectivity index is 2.44. The van der Waals surface area contributed by atoms with Crippen molar-refractivity contribution in [2.45, 2.75) is 65.5 Å². The second-order valence-corrected chi connectivity index (χ2v) is 6.04. The largest absolute Gasteiger partial charge is 0.343 e. The highest BCUT2D eigenvalue weighted by molar-refractivity contribution is 5.78. The number of rotatable bonds is 5. The highest BCUT2D eigenvalue weighted by Crippen LogP contribution is 2.24. The Morgan fingerprint density at radius 1 is 1.22 bits per heavy atom. The van der Waals surface area contributed by atoms with Gasteiger partial charge in [0.15, 0.2) is 0 Å². The normalized spacial score (nSPS) is 26.1. The van der Waals surface area contributed by atoms with Crippen LogP contribution in [0.2, 0.25) is 0 Å². The van der Waals surface area contributed by atoms with E-state index in [9.17, 15) is 4.79 Å². The van der Waals surface area contributed by atoms with E-state index in [0.29, 0.717) is 23.9 Å². The summed E-state index contributed by atoms with van der Waals surface area (Å²) >= 11 is 0. The molecule has 0 aromatic carbocycles. The maximum atomic E-state index is 12.3. The fraction of sp³-hybridized carbons (Fsp3) is 0.933. The zero-order chi connectivity index (χ0) is 13.7. The molecule has 0 saturated heterocycles. The Morgan fingerprint density at radius 3 is 2.22 bits per heavy atom. The minimum atomic E-state index is 0.140. The highest BCUT2D eigenvalue weighted by atomic mass is 16.2. The van der Waals surface area contributed by atoms with Crippen molar-refractivity contribution in [1.82, 2.24) is 10.2 Å². The van der Waals surface area contributed by atoms with E-state index in [-0.39, 0.29) is 5.92 Å². The summed E-state index contributed by atoms with van der Waals surface area (Å²) in [6.45, 7) is 9.51. The fourth-order valence-corrected chi connectivity index (χ4v) is 2.74. The Kier molecular flexibility index (Phi) is 6.13. The van der Waals surface area contributed by atoms with E-state index < -0.39 is 0 Å². The summed E-state index contributed by atoms with van der Waals surface area (Å²) in [6.07, 6.45) is 4.69. The molecule has 0 aromatic rings. The molecule has 1 unspecified atom stereocenters. The smallest absolute Gasteiger partial charge is 0.225 e. The summed E-state index contributed by atoms with van der Waals surface area (Å²) in [7, 11) is 1.99. The second-order valence-electron chi connectivity index (χ2n) is 6.04. The lowest BCUT2D eigenvalue weighted by atomic mass is 9.89. The molecule has 0 bridgehead atoms. The van der Waals surface area contributed by atoms with Crippen LogP contribution in [-0.2, 0) is 4.79 Å². The molecule has 0 spiro atoms. The van der Waals surface area contributed by atoms with Crippen LogP contribution in [0, 0.1) is 11.8 Å². The maximum Gasteiger partial charge on any atom is 0.225 e. The molecule has 0 aliphatic heterocycles. The van der Waals surface area contributed by atoms with Gasteiger partial charge in [-0.1, -0.05) is 27.7 Å². The molecule has 1 aliphatic rings. The van der Waals surface area contributed by atoms with Gasteiger partial charge in [-0.2, -0.15) is 0 Å². The first-order valence-electron chi connectivity index (χ1n) is 7.47. The SMILES string of the molecule is CCNC1CCC(N(C)C(=O)C(C)C(C)C)CC1. The molecule has 0 radical (unpaired) electrons. The van der Waals surface area contributed by atoms with Crippen molar-refractivity contribution >= 4 is 5.91 Å². The van der Waals surface area contributed by atoms with Crippen LogP contribution in [-0.4, -0.2) is 36.5 Å². The van der Waals surface area contributed by atoms with Gasteiger partial charge in [0.1, 0.15) is 0 Å². The van der Waals surface area contributed by atoms with Crippen molar-refractivity contribution in [3.05, 3.63) is 0 Å². The molecule has 1 fully saturated rings. The quantitative estimate of drug-likeness (QED) is 0.818. The van der Waals surface area contributed by atoms with Gasteiger partial charge < -0.3 is 10.2 Å². The molecule has 1 rings (SSSR count). The maximum absolute atomic E-state index is 12.3. The zero-order valence-electron chi connectivity index (χ0n) is 12.7. The first kappa shape index (κ1) is 15.5. The Labute approximate surface area is 112 Å². The number of carbonyl (C=O) groups is 1. The van der Waals surface area contributed by atoms with Crippen molar-refractivity contribution in [3.63, 3.8) is 0 Å². The van der Waals surface area contributed by atoms with Gasteiger partial charge in [0.25, 0.3) is 0 Å². The molecule has 1 atom stereocenters. The summed E-state index contributed by atoms with van der Waals surface area (Å²) < 4.78 is 0. The van der Waals surface area contributed by atoms with Crippen molar-refractivity contribution in [2.24, 2.45) is 11.8 Å². The highest BCUT2D eigenvalue weighted by Gasteiger charge is 2.29. The van der Waals surface area contributed by atoms with Crippen LogP contribution in [0.25, 0.3) is 0 Å². The van der Waals surface area contributed by atoms with E-state index in [1.165, 1.54) is 12.8 Å². The third-order valence-electron chi connectivity index (χ3n) is 4.47. The molecule has 0 aromatic heterocycles. The van der Waals surface area contributed by atoms with Crippen LogP contribution in [0.5, 0.6) is 0 Å². The van der Waals surface area contributed by atoms with E-state index >= 15 is 0 Å². The first-order chi connectivity index (χ1) is 8.47. The van der Waals surface area contributed by atoms with Gasteiger partial charge >= 0.3 is 0 Å². The van der Waals surface area contributed by atoms with E-state index in [0.717, 1.165) is 19.4 Å². The third kappa shape index (κ3) is 3.98. The summed E-state index contributed by atoms with van der Waals surface area (Å²) in [5.41, 5.74) is 0. The van der Waals surface area contributed by atoms with E-state index in [2.05, 4.69) is 26.1 Å². The molecule has 18 heavy (non-hydrogen) atoms. The van der Waals surface area contributed by atoms with Crippen LogP contribution in [0.4, 0.5) is 0 Å². The van der Waals surface area contributed by atoms with Crippen LogP contribution < -0.4 is 5.32 Å². The zero-order valence-corrected chi connectivity index (χ0v) is 12.7. The number of carbonyl (C=O) groups excluding carboxylic acids is 1. The molecular formula is C15H30N2O. The number of hydrogen-bond donors (Lipinski definition) is 1. The predicted octanol–water partition coefficient (Wildman–Crippen LogP) is 2.66. The number of hydrogen-bond acceptors (Lipinski definition) is 2. The minimum Gasteiger partial charge on any atom is -0.343 e. The van der Waals surface area contributed by atoms with Crippen molar-refractivity contribution < 1.29 is 4.79 Å².